The average molecular weight is 379 g/mol. The van der Waals surface area contributed by atoms with Crippen molar-refractivity contribution in [1.82, 2.24) is 4.31 Å². The molecular formula is C19H22FNO4S. The van der Waals surface area contributed by atoms with Crippen molar-refractivity contribution in [1.29, 1.82) is 0 Å². The van der Waals surface area contributed by atoms with Crippen molar-refractivity contribution in [2.75, 3.05) is 20.8 Å². The molecule has 2 aromatic rings. The van der Waals surface area contributed by atoms with Crippen LogP contribution in [0, 0.1) is 12.7 Å². The van der Waals surface area contributed by atoms with Gasteiger partial charge in [-0.1, -0.05) is 6.07 Å². The van der Waals surface area contributed by atoms with Crippen LogP contribution in [-0.4, -0.2) is 33.5 Å². The number of hydrogen-bond acceptors (Lipinski definition) is 4. The van der Waals surface area contributed by atoms with Gasteiger partial charge in [-0.05, 0) is 55.2 Å². The van der Waals surface area contributed by atoms with Gasteiger partial charge in [-0.3, -0.25) is 0 Å². The van der Waals surface area contributed by atoms with Crippen molar-refractivity contribution >= 4 is 10.0 Å². The third-order valence-corrected chi connectivity index (χ3v) is 6.97. The summed E-state index contributed by atoms with van der Waals surface area (Å²) in [6, 6.07) is 7.24. The topological polar surface area (TPSA) is 55.8 Å². The van der Waals surface area contributed by atoms with E-state index in [-0.39, 0.29) is 10.7 Å². The van der Waals surface area contributed by atoms with E-state index in [2.05, 4.69) is 0 Å². The molecular weight excluding hydrogens is 357 g/mol. The van der Waals surface area contributed by atoms with E-state index in [0.717, 1.165) is 5.56 Å². The SMILES string of the molecule is COc1cc(C)c(S(=O)(=O)N2CCc3ccc(F)cc3C2C)cc1OC. The molecule has 1 atom stereocenters. The van der Waals surface area contributed by atoms with Crippen LogP contribution >= 0.6 is 0 Å². The third-order valence-electron chi connectivity index (χ3n) is 4.86. The zero-order valence-corrected chi connectivity index (χ0v) is 16.1. The summed E-state index contributed by atoms with van der Waals surface area (Å²) in [5, 5.41) is 0. The standard InChI is InChI=1S/C19H22FNO4S/c1-12-9-17(24-3)18(25-4)11-19(12)26(22,23)21-8-7-14-5-6-15(20)10-16(14)13(21)2/h5-6,9-11,13H,7-8H2,1-4H3. The Bertz CT molecular complexity index is 943. The first-order chi connectivity index (χ1) is 12.3. The highest BCUT2D eigenvalue weighted by atomic mass is 32.2. The zero-order valence-electron chi connectivity index (χ0n) is 15.2. The highest BCUT2D eigenvalue weighted by molar-refractivity contribution is 7.89. The molecule has 0 amide bonds. The Balaban J connectivity index is 2.07. The minimum Gasteiger partial charge on any atom is -0.493 e. The average Bonchev–Trinajstić information content (AvgIpc) is 2.61. The molecule has 0 N–H and O–H groups in total. The molecule has 1 aliphatic heterocycles. The molecule has 0 fully saturated rings. The van der Waals surface area contributed by atoms with Gasteiger partial charge in [-0.25, -0.2) is 12.8 Å². The lowest BCUT2D eigenvalue weighted by Crippen LogP contribution is -2.39. The first-order valence-electron chi connectivity index (χ1n) is 8.32. The summed E-state index contributed by atoms with van der Waals surface area (Å²) >= 11 is 0. The molecule has 0 spiro atoms. The lowest BCUT2D eigenvalue weighted by atomic mass is 9.95. The molecule has 1 heterocycles. The zero-order chi connectivity index (χ0) is 19.1. The molecule has 1 aliphatic rings. The van der Waals surface area contributed by atoms with Crippen molar-refractivity contribution in [2.24, 2.45) is 0 Å². The van der Waals surface area contributed by atoms with E-state index in [9.17, 15) is 12.8 Å². The Morgan fingerprint density at radius 1 is 1.12 bits per heavy atom. The number of halogens is 1. The van der Waals surface area contributed by atoms with Crippen LogP contribution in [-0.2, 0) is 16.4 Å². The van der Waals surface area contributed by atoms with Gasteiger partial charge in [0, 0.05) is 18.7 Å². The molecule has 0 bridgehead atoms. The second-order valence-corrected chi connectivity index (χ2v) is 8.22. The van der Waals surface area contributed by atoms with E-state index in [1.807, 2.05) is 0 Å². The molecule has 0 saturated heterocycles. The van der Waals surface area contributed by atoms with Crippen LogP contribution in [0.1, 0.15) is 29.7 Å². The van der Waals surface area contributed by atoms with E-state index in [4.69, 9.17) is 9.47 Å². The summed E-state index contributed by atoms with van der Waals surface area (Å²) in [5.41, 5.74) is 2.26. The number of hydrogen-bond donors (Lipinski definition) is 0. The fourth-order valence-electron chi connectivity index (χ4n) is 3.46. The summed E-state index contributed by atoms with van der Waals surface area (Å²) in [6.45, 7) is 3.85. The molecule has 0 radical (unpaired) electrons. The van der Waals surface area contributed by atoms with Gasteiger partial charge >= 0.3 is 0 Å². The van der Waals surface area contributed by atoms with E-state index in [1.54, 1.807) is 26.0 Å². The second-order valence-electron chi connectivity index (χ2n) is 6.36. The Morgan fingerprint density at radius 2 is 1.77 bits per heavy atom. The first kappa shape index (κ1) is 18.7. The molecule has 1 unspecified atom stereocenters. The van der Waals surface area contributed by atoms with E-state index < -0.39 is 16.1 Å². The second kappa shape index (κ2) is 6.89. The van der Waals surface area contributed by atoms with Crippen LogP contribution in [0.15, 0.2) is 35.2 Å². The lowest BCUT2D eigenvalue weighted by molar-refractivity contribution is 0.324. The minimum atomic E-state index is -3.78. The Labute approximate surface area is 153 Å². The molecule has 0 aliphatic carbocycles. The van der Waals surface area contributed by atoms with Gasteiger partial charge in [-0.2, -0.15) is 4.31 Å². The van der Waals surface area contributed by atoms with Gasteiger partial charge in [0.05, 0.1) is 19.1 Å². The molecule has 7 heteroatoms. The van der Waals surface area contributed by atoms with Gasteiger partial charge in [0.15, 0.2) is 11.5 Å². The molecule has 0 aromatic heterocycles. The molecule has 5 nitrogen and oxygen atoms in total. The monoisotopic (exact) mass is 379 g/mol. The Kier molecular flexibility index (Phi) is 4.94. The fraction of sp³-hybridized carbons (Fsp3) is 0.368. The smallest absolute Gasteiger partial charge is 0.244 e. The predicted molar refractivity (Wildman–Crippen MR) is 96.7 cm³/mol. The quantitative estimate of drug-likeness (QED) is 0.816. The largest absolute Gasteiger partial charge is 0.493 e. The number of fused-ring (bicyclic) bond motifs is 1. The maximum absolute atomic E-state index is 13.7. The number of aryl methyl sites for hydroxylation is 1. The van der Waals surface area contributed by atoms with Gasteiger partial charge in [0.25, 0.3) is 0 Å². The number of methoxy groups -OCH3 is 2. The molecule has 3 rings (SSSR count). The summed E-state index contributed by atoms with van der Waals surface area (Å²) in [7, 11) is -0.812. The first-order valence-corrected chi connectivity index (χ1v) is 9.76. The normalized spacial score (nSPS) is 17.7. The molecule has 140 valence electrons. The molecule has 2 aromatic carbocycles. The number of rotatable bonds is 4. The van der Waals surface area contributed by atoms with Crippen molar-refractivity contribution in [3.05, 3.63) is 52.8 Å². The minimum absolute atomic E-state index is 0.168. The number of benzene rings is 2. The molecule has 26 heavy (non-hydrogen) atoms. The van der Waals surface area contributed by atoms with Crippen molar-refractivity contribution in [3.8, 4) is 11.5 Å². The number of nitrogens with zero attached hydrogens (tertiary/aromatic N) is 1. The highest BCUT2D eigenvalue weighted by Gasteiger charge is 2.35. The summed E-state index contributed by atoms with van der Waals surface area (Å²) < 4.78 is 52.2. The van der Waals surface area contributed by atoms with Crippen LogP contribution in [0.4, 0.5) is 4.39 Å². The number of sulfonamides is 1. The third kappa shape index (κ3) is 3.05. The van der Waals surface area contributed by atoms with Crippen molar-refractivity contribution in [3.63, 3.8) is 0 Å². The fourth-order valence-corrected chi connectivity index (χ4v) is 5.29. The van der Waals surface area contributed by atoms with Crippen LogP contribution in [0.3, 0.4) is 0 Å². The summed E-state index contributed by atoms with van der Waals surface area (Å²) in [4.78, 5) is 0.168. The van der Waals surface area contributed by atoms with Gasteiger partial charge in [0.1, 0.15) is 5.82 Å². The predicted octanol–water partition coefficient (Wildman–Crippen LogP) is 3.46. The van der Waals surface area contributed by atoms with Crippen LogP contribution in [0.25, 0.3) is 0 Å². The van der Waals surface area contributed by atoms with Crippen LogP contribution in [0.5, 0.6) is 11.5 Å². The maximum atomic E-state index is 13.7. The highest BCUT2D eigenvalue weighted by Crippen LogP contribution is 2.38. The van der Waals surface area contributed by atoms with E-state index in [1.165, 1.54) is 36.7 Å². The van der Waals surface area contributed by atoms with E-state index in [0.29, 0.717) is 35.6 Å². The van der Waals surface area contributed by atoms with Crippen LogP contribution in [0.2, 0.25) is 0 Å². The lowest BCUT2D eigenvalue weighted by Gasteiger charge is -2.34. The number of ether oxygens (including phenoxy) is 2. The molecule has 0 saturated carbocycles. The van der Waals surface area contributed by atoms with Gasteiger partial charge < -0.3 is 9.47 Å². The van der Waals surface area contributed by atoms with Crippen molar-refractivity contribution in [2.45, 2.75) is 31.2 Å². The van der Waals surface area contributed by atoms with Crippen LogP contribution < -0.4 is 9.47 Å². The van der Waals surface area contributed by atoms with E-state index >= 15 is 0 Å². The Hall–Kier alpha value is -2.12. The van der Waals surface area contributed by atoms with Gasteiger partial charge in [-0.15, -0.1) is 0 Å². The summed E-state index contributed by atoms with van der Waals surface area (Å²) in [6.07, 6.45) is 0.547. The maximum Gasteiger partial charge on any atom is 0.244 e. The van der Waals surface area contributed by atoms with Crippen molar-refractivity contribution < 1.29 is 22.3 Å². The summed E-state index contributed by atoms with van der Waals surface area (Å²) in [5.74, 6) is 0.466. The Morgan fingerprint density at radius 3 is 2.42 bits per heavy atom. The van der Waals surface area contributed by atoms with Gasteiger partial charge in [0.2, 0.25) is 10.0 Å².